The van der Waals surface area contributed by atoms with Gasteiger partial charge in [-0.05, 0) is 31.5 Å². The highest BCUT2D eigenvalue weighted by atomic mass is 16.5. The van der Waals surface area contributed by atoms with Crippen LogP contribution in [0.3, 0.4) is 0 Å². The SMILES string of the molecule is C=C(C)C(=O)NC(Cc1ccc(O)c(O)c1)C(=O)OCC. The second kappa shape index (κ2) is 7.33. The van der Waals surface area contributed by atoms with Gasteiger partial charge in [0.2, 0.25) is 5.91 Å². The Balaban J connectivity index is 2.90. The van der Waals surface area contributed by atoms with Gasteiger partial charge in [0.05, 0.1) is 6.61 Å². The zero-order valence-electron chi connectivity index (χ0n) is 12.0. The maximum absolute atomic E-state index is 11.9. The van der Waals surface area contributed by atoms with Crippen molar-refractivity contribution < 1.29 is 24.5 Å². The number of amides is 1. The molecule has 6 nitrogen and oxygen atoms in total. The van der Waals surface area contributed by atoms with Crippen LogP contribution in [0.2, 0.25) is 0 Å². The Labute approximate surface area is 123 Å². The lowest BCUT2D eigenvalue weighted by Crippen LogP contribution is -2.43. The second-order valence-electron chi connectivity index (χ2n) is 4.59. The van der Waals surface area contributed by atoms with Crippen LogP contribution in [0.5, 0.6) is 11.5 Å². The summed E-state index contributed by atoms with van der Waals surface area (Å²) < 4.78 is 4.92. The van der Waals surface area contributed by atoms with Crippen molar-refractivity contribution in [2.75, 3.05) is 6.61 Å². The number of aromatic hydroxyl groups is 2. The van der Waals surface area contributed by atoms with Gasteiger partial charge < -0.3 is 20.3 Å². The summed E-state index contributed by atoms with van der Waals surface area (Å²) >= 11 is 0. The normalized spacial score (nSPS) is 11.5. The molecule has 0 bridgehead atoms. The third-order valence-electron chi connectivity index (χ3n) is 2.74. The molecular formula is C15H19NO5. The summed E-state index contributed by atoms with van der Waals surface area (Å²) in [6, 6.07) is 3.30. The van der Waals surface area contributed by atoms with Crippen molar-refractivity contribution >= 4 is 11.9 Å². The minimum Gasteiger partial charge on any atom is -0.504 e. The first-order chi connectivity index (χ1) is 9.85. The monoisotopic (exact) mass is 293 g/mol. The number of carbonyl (C=O) groups excluding carboxylic acids is 2. The van der Waals surface area contributed by atoms with Crippen LogP contribution in [-0.2, 0) is 20.7 Å². The molecule has 114 valence electrons. The molecule has 0 aromatic heterocycles. The predicted octanol–water partition coefficient (Wildman–Crippen LogP) is 1.26. The number of ether oxygens (including phenoxy) is 1. The van der Waals surface area contributed by atoms with Crippen LogP contribution >= 0.6 is 0 Å². The molecule has 0 saturated heterocycles. The van der Waals surface area contributed by atoms with Gasteiger partial charge in [-0.3, -0.25) is 4.79 Å². The molecule has 0 aliphatic heterocycles. The number of phenols is 2. The Morgan fingerprint density at radius 3 is 2.52 bits per heavy atom. The lowest BCUT2D eigenvalue weighted by molar-refractivity contribution is -0.147. The smallest absolute Gasteiger partial charge is 0.328 e. The zero-order chi connectivity index (χ0) is 16.0. The van der Waals surface area contributed by atoms with Gasteiger partial charge in [-0.1, -0.05) is 12.6 Å². The summed E-state index contributed by atoms with van der Waals surface area (Å²) in [6.07, 6.45) is 0.131. The van der Waals surface area contributed by atoms with Gasteiger partial charge in [0.15, 0.2) is 11.5 Å². The molecule has 1 rings (SSSR count). The first-order valence-corrected chi connectivity index (χ1v) is 6.49. The van der Waals surface area contributed by atoms with E-state index in [4.69, 9.17) is 4.74 Å². The average Bonchev–Trinajstić information content (AvgIpc) is 2.42. The van der Waals surface area contributed by atoms with Gasteiger partial charge in [-0.15, -0.1) is 0 Å². The molecule has 0 heterocycles. The highest BCUT2D eigenvalue weighted by Crippen LogP contribution is 2.25. The molecular weight excluding hydrogens is 274 g/mol. The summed E-state index contributed by atoms with van der Waals surface area (Å²) in [5, 5.41) is 21.3. The first-order valence-electron chi connectivity index (χ1n) is 6.49. The molecule has 21 heavy (non-hydrogen) atoms. The number of rotatable bonds is 6. The zero-order valence-corrected chi connectivity index (χ0v) is 12.0. The first kappa shape index (κ1) is 16.6. The van der Waals surface area contributed by atoms with Crippen molar-refractivity contribution in [3.05, 3.63) is 35.9 Å². The van der Waals surface area contributed by atoms with Gasteiger partial charge in [-0.25, -0.2) is 4.79 Å². The number of carbonyl (C=O) groups is 2. The molecule has 0 saturated carbocycles. The molecule has 1 aromatic carbocycles. The maximum atomic E-state index is 11.9. The number of nitrogens with one attached hydrogen (secondary N) is 1. The van der Waals surface area contributed by atoms with Crippen LogP contribution in [0.15, 0.2) is 30.4 Å². The highest BCUT2D eigenvalue weighted by Gasteiger charge is 2.23. The van der Waals surface area contributed by atoms with Crippen molar-refractivity contribution in [2.45, 2.75) is 26.3 Å². The summed E-state index contributed by atoms with van der Waals surface area (Å²) in [6.45, 7) is 6.90. The fourth-order valence-corrected chi connectivity index (χ4v) is 1.65. The van der Waals surface area contributed by atoms with Crippen LogP contribution in [0.25, 0.3) is 0 Å². The largest absolute Gasteiger partial charge is 0.504 e. The van der Waals surface area contributed by atoms with Crippen molar-refractivity contribution in [3.63, 3.8) is 0 Å². The van der Waals surface area contributed by atoms with Crippen molar-refractivity contribution in [1.82, 2.24) is 5.32 Å². The summed E-state index contributed by atoms with van der Waals surface area (Å²) in [5.74, 6) is -1.56. The van der Waals surface area contributed by atoms with E-state index in [2.05, 4.69) is 11.9 Å². The van der Waals surface area contributed by atoms with Crippen LogP contribution in [-0.4, -0.2) is 34.7 Å². The van der Waals surface area contributed by atoms with Gasteiger partial charge in [0, 0.05) is 12.0 Å². The lowest BCUT2D eigenvalue weighted by atomic mass is 10.0. The van der Waals surface area contributed by atoms with Crippen molar-refractivity contribution in [1.29, 1.82) is 0 Å². The highest BCUT2D eigenvalue weighted by molar-refractivity contribution is 5.95. The number of phenolic OH excluding ortho intramolecular Hbond substituents is 2. The maximum Gasteiger partial charge on any atom is 0.328 e. The van der Waals surface area contributed by atoms with E-state index in [1.807, 2.05) is 0 Å². The molecule has 0 fully saturated rings. The molecule has 0 spiro atoms. The molecule has 1 amide bonds. The third kappa shape index (κ3) is 4.83. The van der Waals surface area contributed by atoms with Gasteiger partial charge in [0.25, 0.3) is 0 Å². The molecule has 0 radical (unpaired) electrons. The van der Waals surface area contributed by atoms with Gasteiger partial charge in [-0.2, -0.15) is 0 Å². The van der Waals surface area contributed by atoms with Crippen molar-refractivity contribution in [3.8, 4) is 11.5 Å². The second-order valence-corrected chi connectivity index (χ2v) is 4.59. The lowest BCUT2D eigenvalue weighted by Gasteiger charge is -2.17. The Morgan fingerprint density at radius 1 is 1.33 bits per heavy atom. The van der Waals surface area contributed by atoms with E-state index in [1.54, 1.807) is 13.0 Å². The number of esters is 1. The summed E-state index contributed by atoms with van der Waals surface area (Å²) in [4.78, 5) is 23.5. The van der Waals surface area contributed by atoms with E-state index in [1.165, 1.54) is 19.1 Å². The van der Waals surface area contributed by atoms with Crippen LogP contribution in [0.4, 0.5) is 0 Å². The number of hydrogen-bond donors (Lipinski definition) is 3. The average molecular weight is 293 g/mol. The molecule has 0 aliphatic carbocycles. The fraction of sp³-hybridized carbons (Fsp3) is 0.333. The molecule has 0 aliphatic rings. The Kier molecular flexibility index (Phi) is 5.78. The third-order valence-corrected chi connectivity index (χ3v) is 2.74. The Bertz CT molecular complexity index is 553. The van der Waals surface area contributed by atoms with E-state index in [0.717, 1.165) is 0 Å². The van der Waals surface area contributed by atoms with E-state index in [9.17, 15) is 19.8 Å². The molecule has 6 heteroatoms. The topological polar surface area (TPSA) is 95.9 Å². The minimum absolute atomic E-state index is 0.131. The molecule has 3 N–H and O–H groups in total. The van der Waals surface area contributed by atoms with E-state index >= 15 is 0 Å². The van der Waals surface area contributed by atoms with Crippen molar-refractivity contribution in [2.24, 2.45) is 0 Å². The fourth-order valence-electron chi connectivity index (χ4n) is 1.65. The van der Waals surface area contributed by atoms with E-state index in [0.29, 0.717) is 5.56 Å². The standard InChI is InChI=1S/C15H19NO5/c1-4-21-15(20)11(16-14(19)9(2)3)7-10-5-6-12(17)13(18)8-10/h5-6,8,11,17-18H,2,4,7H2,1,3H3,(H,16,19). The van der Waals surface area contributed by atoms with Gasteiger partial charge >= 0.3 is 5.97 Å². The summed E-state index contributed by atoms with van der Waals surface area (Å²) in [7, 11) is 0. The van der Waals surface area contributed by atoms with E-state index in [-0.39, 0.29) is 30.1 Å². The Morgan fingerprint density at radius 2 is 2.00 bits per heavy atom. The number of hydrogen-bond acceptors (Lipinski definition) is 5. The minimum atomic E-state index is -0.891. The molecule has 1 aromatic rings. The van der Waals surface area contributed by atoms with Crippen LogP contribution in [0.1, 0.15) is 19.4 Å². The quantitative estimate of drug-likeness (QED) is 0.417. The van der Waals surface area contributed by atoms with Gasteiger partial charge in [0.1, 0.15) is 6.04 Å². The molecule has 1 atom stereocenters. The van der Waals surface area contributed by atoms with Crippen LogP contribution < -0.4 is 5.32 Å². The summed E-state index contributed by atoms with van der Waals surface area (Å²) in [5.41, 5.74) is 0.850. The number of benzene rings is 1. The molecule has 1 unspecified atom stereocenters. The van der Waals surface area contributed by atoms with Crippen LogP contribution in [0, 0.1) is 0 Å². The Hall–Kier alpha value is -2.50. The van der Waals surface area contributed by atoms with E-state index < -0.39 is 17.9 Å². The predicted molar refractivity (Wildman–Crippen MR) is 76.9 cm³/mol.